The van der Waals surface area contributed by atoms with E-state index in [1.807, 2.05) is 12.1 Å². The Kier molecular flexibility index (Phi) is 5.78. The van der Waals surface area contributed by atoms with Gasteiger partial charge < -0.3 is 9.47 Å². The lowest BCUT2D eigenvalue weighted by Crippen LogP contribution is -2.33. The van der Waals surface area contributed by atoms with Crippen LogP contribution in [-0.2, 0) is 19.5 Å². The molecule has 4 rings (SSSR count). The van der Waals surface area contributed by atoms with Gasteiger partial charge >= 0.3 is 0 Å². The SMILES string of the molecule is COc1cccc(CN2CCc3nc(C4CCCCN4C)ncc3C2)c1OC. The molecule has 1 unspecified atom stereocenters. The molecule has 1 aromatic carbocycles. The number of rotatable bonds is 5. The van der Waals surface area contributed by atoms with Gasteiger partial charge in [-0.15, -0.1) is 0 Å². The standard InChI is InChI=1S/C22H30N4O2/c1-25-11-5-4-8-19(25)22-23-13-17-15-26(12-10-18(17)24-22)14-16-7-6-9-20(27-2)21(16)28-3/h6-7,9,13,19H,4-5,8,10-12,14-15H2,1-3H3. The maximum atomic E-state index is 5.59. The van der Waals surface area contributed by atoms with Crippen molar-refractivity contribution < 1.29 is 9.47 Å². The van der Waals surface area contributed by atoms with Crippen molar-refractivity contribution in [2.45, 2.75) is 44.8 Å². The fourth-order valence-corrected chi connectivity index (χ4v) is 4.41. The number of likely N-dealkylation sites (tertiary alicyclic amines) is 1. The zero-order valence-electron chi connectivity index (χ0n) is 17.1. The van der Waals surface area contributed by atoms with Gasteiger partial charge in [-0.2, -0.15) is 0 Å². The highest BCUT2D eigenvalue weighted by atomic mass is 16.5. The van der Waals surface area contributed by atoms with Gasteiger partial charge in [0, 0.05) is 49.1 Å². The fraction of sp³-hybridized carbons (Fsp3) is 0.545. The van der Waals surface area contributed by atoms with E-state index in [1.165, 1.54) is 24.1 Å². The minimum absolute atomic E-state index is 0.373. The molecule has 1 aromatic heterocycles. The van der Waals surface area contributed by atoms with Crippen molar-refractivity contribution in [3.05, 3.63) is 47.0 Å². The number of hydrogen-bond acceptors (Lipinski definition) is 6. The number of piperidine rings is 1. The summed E-state index contributed by atoms with van der Waals surface area (Å²) in [7, 11) is 5.57. The lowest BCUT2D eigenvalue weighted by atomic mass is 10.0. The highest BCUT2D eigenvalue weighted by Crippen LogP contribution is 2.33. The molecule has 2 aliphatic rings. The molecule has 0 saturated carbocycles. The van der Waals surface area contributed by atoms with Crippen LogP contribution in [0.1, 0.15) is 47.9 Å². The molecule has 1 atom stereocenters. The minimum Gasteiger partial charge on any atom is -0.493 e. The lowest BCUT2D eigenvalue weighted by Gasteiger charge is -2.33. The van der Waals surface area contributed by atoms with Gasteiger partial charge in [-0.3, -0.25) is 9.80 Å². The van der Waals surface area contributed by atoms with E-state index in [4.69, 9.17) is 19.4 Å². The van der Waals surface area contributed by atoms with E-state index in [0.29, 0.717) is 6.04 Å². The van der Waals surface area contributed by atoms with Gasteiger partial charge in [0.25, 0.3) is 0 Å². The predicted molar refractivity (Wildman–Crippen MR) is 109 cm³/mol. The third kappa shape index (κ3) is 3.84. The number of nitrogens with zero attached hydrogens (tertiary/aromatic N) is 4. The zero-order valence-corrected chi connectivity index (χ0v) is 17.1. The summed E-state index contributed by atoms with van der Waals surface area (Å²) in [6.45, 7) is 3.83. The maximum absolute atomic E-state index is 5.59. The van der Waals surface area contributed by atoms with Crippen LogP contribution in [0, 0.1) is 0 Å². The van der Waals surface area contributed by atoms with Gasteiger partial charge in [-0.25, -0.2) is 9.97 Å². The molecule has 6 nitrogen and oxygen atoms in total. The highest BCUT2D eigenvalue weighted by Gasteiger charge is 2.26. The lowest BCUT2D eigenvalue weighted by molar-refractivity contribution is 0.178. The van der Waals surface area contributed by atoms with E-state index in [1.54, 1.807) is 14.2 Å². The van der Waals surface area contributed by atoms with Crippen LogP contribution in [-0.4, -0.2) is 54.1 Å². The predicted octanol–water partition coefficient (Wildman–Crippen LogP) is 3.21. The molecule has 1 fully saturated rings. The van der Waals surface area contributed by atoms with Gasteiger partial charge in [0.05, 0.1) is 20.3 Å². The van der Waals surface area contributed by atoms with Gasteiger partial charge in [-0.1, -0.05) is 18.6 Å². The van der Waals surface area contributed by atoms with E-state index in [9.17, 15) is 0 Å². The van der Waals surface area contributed by atoms with Crippen LogP contribution >= 0.6 is 0 Å². The second-order valence-corrected chi connectivity index (χ2v) is 7.81. The van der Waals surface area contributed by atoms with Gasteiger partial charge in [0.15, 0.2) is 11.5 Å². The second-order valence-electron chi connectivity index (χ2n) is 7.81. The van der Waals surface area contributed by atoms with Gasteiger partial charge in [0.2, 0.25) is 0 Å². The van der Waals surface area contributed by atoms with Crippen molar-refractivity contribution in [1.82, 2.24) is 19.8 Å². The molecule has 0 spiro atoms. The van der Waals surface area contributed by atoms with E-state index in [2.05, 4.69) is 29.1 Å². The van der Waals surface area contributed by atoms with Crippen molar-refractivity contribution in [3.8, 4) is 11.5 Å². The molecular formula is C22H30N4O2. The van der Waals surface area contributed by atoms with E-state index in [-0.39, 0.29) is 0 Å². The fourth-order valence-electron chi connectivity index (χ4n) is 4.41. The Labute approximate surface area is 167 Å². The quantitative estimate of drug-likeness (QED) is 0.792. The number of fused-ring (bicyclic) bond motifs is 1. The largest absolute Gasteiger partial charge is 0.493 e. The minimum atomic E-state index is 0.373. The van der Waals surface area contributed by atoms with Crippen LogP contribution in [0.25, 0.3) is 0 Å². The average molecular weight is 383 g/mol. The van der Waals surface area contributed by atoms with E-state index < -0.39 is 0 Å². The third-order valence-electron chi connectivity index (χ3n) is 5.98. The van der Waals surface area contributed by atoms with Crippen LogP contribution in [0.4, 0.5) is 0 Å². The Morgan fingerprint density at radius 1 is 1.14 bits per heavy atom. The van der Waals surface area contributed by atoms with Crippen molar-refractivity contribution in [3.63, 3.8) is 0 Å². The molecule has 2 aliphatic heterocycles. The van der Waals surface area contributed by atoms with Crippen LogP contribution in [0.3, 0.4) is 0 Å². The smallest absolute Gasteiger partial charge is 0.165 e. The number of aromatic nitrogens is 2. The van der Waals surface area contributed by atoms with Crippen molar-refractivity contribution in [1.29, 1.82) is 0 Å². The summed E-state index contributed by atoms with van der Waals surface area (Å²) in [5, 5.41) is 0. The Bertz CT molecular complexity index is 826. The molecule has 0 amide bonds. The van der Waals surface area contributed by atoms with Gasteiger partial charge in [0.1, 0.15) is 5.82 Å². The Hall–Kier alpha value is -2.18. The average Bonchev–Trinajstić information content (AvgIpc) is 2.73. The van der Waals surface area contributed by atoms with Gasteiger partial charge in [-0.05, 0) is 32.5 Å². The zero-order chi connectivity index (χ0) is 19.5. The molecule has 0 aliphatic carbocycles. The summed E-state index contributed by atoms with van der Waals surface area (Å²) in [5.74, 6) is 2.61. The Morgan fingerprint density at radius 3 is 2.82 bits per heavy atom. The number of hydrogen-bond donors (Lipinski definition) is 0. The molecule has 0 N–H and O–H groups in total. The summed E-state index contributed by atoms with van der Waals surface area (Å²) < 4.78 is 11.0. The topological polar surface area (TPSA) is 50.7 Å². The molecule has 3 heterocycles. The first-order valence-electron chi connectivity index (χ1n) is 10.2. The number of ether oxygens (including phenoxy) is 2. The van der Waals surface area contributed by atoms with Crippen LogP contribution < -0.4 is 9.47 Å². The summed E-state index contributed by atoms with van der Waals surface area (Å²) in [6.07, 6.45) is 6.73. The summed E-state index contributed by atoms with van der Waals surface area (Å²) >= 11 is 0. The highest BCUT2D eigenvalue weighted by molar-refractivity contribution is 5.46. The normalized spacial score (nSPS) is 20.6. The molecule has 6 heteroatoms. The van der Waals surface area contributed by atoms with E-state index >= 15 is 0 Å². The summed E-state index contributed by atoms with van der Waals surface area (Å²) in [5.41, 5.74) is 3.61. The molecule has 1 saturated heterocycles. The first-order chi connectivity index (χ1) is 13.7. The molecular weight excluding hydrogens is 352 g/mol. The first kappa shape index (κ1) is 19.2. The van der Waals surface area contributed by atoms with E-state index in [0.717, 1.165) is 61.9 Å². The van der Waals surface area contributed by atoms with Crippen LogP contribution in [0.5, 0.6) is 11.5 Å². The first-order valence-corrected chi connectivity index (χ1v) is 10.2. The molecule has 28 heavy (non-hydrogen) atoms. The number of para-hydroxylation sites is 1. The Balaban J connectivity index is 1.48. The van der Waals surface area contributed by atoms with Crippen LogP contribution in [0.15, 0.2) is 24.4 Å². The monoisotopic (exact) mass is 382 g/mol. The molecule has 0 radical (unpaired) electrons. The van der Waals surface area contributed by atoms with Crippen molar-refractivity contribution in [2.24, 2.45) is 0 Å². The second kappa shape index (κ2) is 8.45. The molecule has 2 aromatic rings. The van der Waals surface area contributed by atoms with Crippen molar-refractivity contribution in [2.75, 3.05) is 34.4 Å². The maximum Gasteiger partial charge on any atom is 0.165 e. The number of methoxy groups -OCH3 is 2. The summed E-state index contributed by atoms with van der Waals surface area (Å²) in [4.78, 5) is 14.5. The summed E-state index contributed by atoms with van der Waals surface area (Å²) in [6, 6.07) is 6.43. The number of benzene rings is 1. The molecule has 150 valence electrons. The van der Waals surface area contributed by atoms with Crippen molar-refractivity contribution >= 4 is 0 Å². The van der Waals surface area contributed by atoms with Crippen LogP contribution in [0.2, 0.25) is 0 Å². The third-order valence-corrected chi connectivity index (χ3v) is 5.98. The molecule has 0 bridgehead atoms. The Morgan fingerprint density at radius 2 is 2.04 bits per heavy atom.